The SMILES string of the molecule is CC[C@@H](C)c1ccc(NC(=S)Nc2ccc(S(=O)(=O)Nc3ccccc3)cc2)cc1. The minimum atomic E-state index is -3.65. The van der Waals surface area contributed by atoms with Crippen molar-refractivity contribution in [3.8, 4) is 0 Å². The molecule has 0 unspecified atom stereocenters. The van der Waals surface area contributed by atoms with Gasteiger partial charge in [-0.25, -0.2) is 8.42 Å². The van der Waals surface area contributed by atoms with Crippen LogP contribution in [0, 0.1) is 0 Å². The van der Waals surface area contributed by atoms with Crippen LogP contribution in [0.2, 0.25) is 0 Å². The van der Waals surface area contributed by atoms with Crippen LogP contribution < -0.4 is 15.4 Å². The zero-order valence-electron chi connectivity index (χ0n) is 16.9. The molecular weight excluding hydrogens is 414 g/mol. The topological polar surface area (TPSA) is 70.2 Å². The third-order valence-corrected chi connectivity index (χ3v) is 6.40. The number of hydrogen-bond acceptors (Lipinski definition) is 3. The highest BCUT2D eigenvalue weighted by atomic mass is 32.2. The van der Waals surface area contributed by atoms with Crippen molar-refractivity contribution in [1.29, 1.82) is 0 Å². The van der Waals surface area contributed by atoms with Gasteiger partial charge in [0.1, 0.15) is 0 Å². The lowest BCUT2D eigenvalue weighted by Gasteiger charge is -2.13. The Morgan fingerprint density at radius 3 is 1.90 bits per heavy atom. The summed E-state index contributed by atoms with van der Waals surface area (Å²) in [6.07, 6.45) is 1.10. The second kappa shape index (κ2) is 9.73. The van der Waals surface area contributed by atoms with Gasteiger partial charge < -0.3 is 10.6 Å². The molecule has 0 amide bonds. The van der Waals surface area contributed by atoms with Gasteiger partial charge in [0.15, 0.2) is 5.11 Å². The van der Waals surface area contributed by atoms with E-state index in [9.17, 15) is 8.42 Å². The molecule has 3 aromatic rings. The van der Waals surface area contributed by atoms with Crippen LogP contribution in [0.3, 0.4) is 0 Å². The Bertz CT molecular complexity index is 1080. The Balaban J connectivity index is 1.60. The Morgan fingerprint density at radius 1 is 0.833 bits per heavy atom. The van der Waals surface area contributed by atoms with Gasteiger partial charge in [-0.3, -0.25) is 4.72 Å². The Kier molecular flexibility index (Phi) is 7.07. The van der Waals surface area contributed by atoms with E-state index in [1.807, 2.05) is 18.2 Å². The first-order valence-electron chi connectivity index (χ1n) is 9.73. The van der Waals surface area contributed by atoms with Gasteiger partial charge in [0.2, 0.25) is 0 Å². The smallest absolute Gasteiger partial charge is 0.261 e. The van der Waals surface area contributed by atoms with Gasteiger partial charge in [-0.1, -0.05) is 44.2 Å². The Morgan fingerprint density at radius 2 is 1.37 bits per heavy atom. The molecule has 0 spiro atoms. The van der Waals surface area contributed by atoms with E-state index in [4.69, 9.17) is 12.2 Å². The summed E-state index contributed by atoms with van der Waals surface area (Å²) in [5.74, 6) is 0.523. The molecule has 156 valence electrons. The first kappa shape index (κ1) is 21.8. The molecule has 0 saturated heterocycles. The van der Waals surface area contributed by atoms with Gasteiger partial charge in [0.05, 0.1) is 4.90 Å². The number of rotatable bonds is 7. The second-order valence-corrected chi connectivity index (χ2v) is 9.10. The fourth-order valence-electron chi connectivity index (χ4n) is 2.86. The van der Waals surface area contributed by atoms with Crippen LogP contribution in [0.1, 0.15) is 31.7 Å². The van der Waals surface area contributed by atoms with E-state index in [2.05, 4.69) is 41.3 Å². The van der Waals surface area contributed by atoms with Gasteiger partial charge in [-0.15, -0.1) is 0 Å². The minimum Gasteiger partial charge on any atom is -0.332 e. The summed E-state index contributed by atoms with van der Waals surface area (Å²) >= 11 is 5.37. The lowest BCUT2D eigenvalue weighted by Crippen LogP contribution is -2.19. The summed E-state index contributed by atoms with van der Waals surface area (Å²) in [5.41, 5.74) is 3.40. The summed E-state index contributed by atoms with van der Waals surface area (Å²) in [5, 5.41) is 6.65. The number of nitrogens with one attached hydrogen (secondary N) is 3. The van der Waals surface area contributed by atoms with Crippen molar-refractivity contribution in [3.63, 3.8) is 0 Å². The fourth-order valence-corrected chi connectivity index (χ4v) is 4.16. The molecule has 0 aliphatic carbocycles. The zero-order valence-corrected chi connectivity index (χ0v) is 18.6. The number of sulfonamides is 1. The van der Waals surface area contributed by atoms with Crippen LogP contribution in [0.4, 0.5) is 17.1 Å². The van der Waals surface area contributed by atoms with Crippen LogP contribution >= 0.6 is 12.2 Å². The molecule has 3 N–H and O–H groups in total. The third kappa shape index (κ3) is 5.81. The van der Waals surface area contributed by atoms with E-state index in [1.165, 1.54) is 17.7 Å². The summed E-state index contributed by atoms with van der Waals surface area (Å²) in [4.78, 5) is 0.177. The zero-order chi connectivity index (χ0) is 21.6. The lowest BCUT2D eigenvalue weighted by atomic mass is 9.99. The standard InChI is InChI=1S/C23H25N3O2S2/c1-3-17(2)18-9-11-19(12-10-18)24-23(29)25-20-13-15-22(16-14-20)30(27,28)26-21-7-5-4-6-8-21/h4-17,26H,3H2,1-2H3,(H2,24,25,29)/t17-/m1/s1. The predicted octanol–water partition coefficient (Wildman–Crippen LogP) is 5.81. The van der Waals surface area contributed by atoms with E-state index in [-0.39, 0.29) is 4.90 Å². The molecule has 30 heavy (non-hydrogen) atoms. The lowest BCUT2D eigenvalue weighted by molar-refractivity contribution is 0.601. The summed E-state index contributed by atoms with van der Waals surface area (Å²) in [7, 11) is -3.65. The molecule has 5 nitrogen and oxygen atoms in total. The monoisotopic (exact) mass is 439 g/mol. The van der Waals surface area contributed by atoms with Crippen molar-refractivity contribution in [1.82, 2.24) is 0 Å². The molecule has 0 aliphatic heterocycles. The van der Waals surface area contributed by atoms with E-state index in [0.29, 0.717) is 22.4 Å². The summed E-state index contributed by atoms with van der Waals surface area (Å²) in [6.45, 7) is 4.37. The molecule has 0 aliphatic rings. The summed E-state index contributed by atoms with van der Waals surface area (Å²) in [6, 6.07) is 23.4. The van der Waals surface area contributed by atoms with E-state index in [1.54, 1.807) is 36.4 Å². The first-order valence-corrected chi connectivity index (χ1v) is 11.6. The molecule has 0 radical (unpaired) electrons. The van der Waals surface area contributed by atoms with Crippen molar-refractivity contribution >= 4 is 44.4 Å². The van der Waals surface area contributed by atoms with Gasteiger partial charge >= 0.3 is 0 Å². The number of anilines is 3. The number of para-hydroxylation sites is 1. The maximum Gasteiger partial charge on any atom is 0.261 e. The molecule has 1 atom stereocenters. The van der Waals surface area contributed by atoms with Crippen LogP contribution in [0.5, 0.6) is 0 Å². The van der Waals surface area contributed by atoms with Crippen molar-refractivity contribution in [3.05, 3.63) is 84.4 Å². The molecule has 0 fully saturated rings. The van der Waals surface area contributed by atoms with Gasteiger partial charge in [0, 0.05) is 17.1 Å². The Hall–Kier alpha value is -2.90. The van der Waals surface area contributed by atoms with Crippen LogP contribution in [0.25, 0.3) is 0 Å². The molecule has 3 aromatic carbocycles. The highest BCUT2D eigenvalue weighted by molar-refractivity contribution is 7.92. The van der Waals surface area contributed by atoms with Gasteiger partial charge in [0.25, 0.3) is 10.0 Å². The molecule has 0 aromatic heterocycles. The summed E-state index contributed by atoms with van der Waals surface area (Å²) < 4.78 is 27.6. The molecule has 0 bridgehead atoms. The van der Waals surface area contributed by atoms with Crippen LogP contribution in [0.15, 0.2) is 83.8 Å². The fraction of sp³-hybridized carbons (Fsp3) is 0.174. The van der Waals surface area contributed by atoms with Gasteiger partial charge in [-0.05, 0) is 78.7 Å². The van der Waals surface area contributed by atoms with E-state index in [0.717, 1.165) is 12.1 Å². The van der Waals surface area contributed by atoms with Crippen molar-refractivity contribution in [2.45, 2.75) is 31.1 Å². The first-order chi connectivity index (χ1) is 14.4. The van der Waals surface area contributed by atoms with E-state index >= 15 is 0 Å². The van der Waals surface area contributed by atoms with Crippen molar-refractivity contribution in [2.75, 3.05) is 15.4 Å². The molecule has 7 heteroatoms. The van der Waals surface area contributed by atoms with Crippen LogP contribution in [-0.2, 0) is 10.0 Å². The quantitative estimate of drug-likeness (QED) is 0.405. The predicted molar refractivity (Wildman–Crippen MR) is 129 cm³/mol. The van der Waals surface area contributed by atoms with E-state index < -0.39 is 10.0 Å². The normalized spacial score (nSPS) is 12.1. The molecule has 0 saturated carbocycles. The van der Waals surface area contributed by atoms with Crippen molar-refractivity contribution in [2.24, 2.45) is 0 Å². The number of benzene rings is 3. The average Bonchev–Trinajstić information content (AvgIpc) is 2.74. The van der Waals surface area contributed by atoms with Crippen LogP contribution in [-0.4, -0.2) is 13.5 Å². The number of thiocarbonyl (C=S) groups is 1. The molecule has 3 rings (SSSR count). The molecule has 0 heterocycles. The third-order valence-electron chi connectivity index (χ3n) is 4.80. The maximum absolute atomic E-state index is 12.5. The highest BCUT2D eigenvalue weighted by Gasteiger charge is 2.14. The maximum atomic E-state index is 12.5. The minimum absolute atomic E-state index is 0.177. The largest absolute Gasteiger partial charge is 0.332 e. The average molecular weight is 440 g/mol. The Labute approximate surface area is 183 Å². The number of hydrogen-bond donors (Lipinski definition) is 3. The highest BCUT2D eigenvalue weighted by Crippen LogP contribution is 2.21. The van der Waals surface area contributed by atoms with Crippen molar-refractivity contribution < 1.29 is 8.42 Å². The second-order valence-electron chi connectivity index (χ2n) is 7.01. The van der Waals surface area contributed by atoms with Gasteiger partial charge in [-0.2, -0.15) is 0 Å². The molecular formula is C23H25N3O2S2.